The number of hydrogen-bond donors (Lipinski definition) is 1. The Morgan fingerprint density at radius 3 is 2.47 bits per heavy atom. The molecular formula is C24H18F2N2O3S. The molecule has 1 amide bonds. The minimum absolute atomic E-state index is 0.0224. The number of thiazole rings is 1. The Balaban J connectivity index is 1.48. The summed E-state index contributed by atoms with van der Waals surface area (Å²) < 4.78 is 37.8. The molecular weight excluding hydrogens is 434 g/mol. The third-order valence-electron chi connectivity index (χ3n) is 4.50. The van der Waals surface area contributed by atoms with Gasteiger partial charge in [-0.15, -0.1) is 11.3 Å². The van der Waals surface area contributed by atoms with Crippen molar-refractivity contribution in [1.29, 1.82) is 0 Å². The van der Waals surface area contributed by atoms with Gasteiger partial charge in [0, 0.05) is 22.7 Å². The van der Waals surface area contributed by atoms with Gasteiger partial charge in [0.15, 0.2) is 11.5 Å². The van der Waals surface area contributed by atoms with Gasteiger partial charge in [-0.1, -0.05) is 18.2 Å². The Kier molecular flexibility index (Phi) is 6.42. The predicted molar refractivity (Wildman–Crippen MR) is 119 cm³/mol. The summed E-state index contributed by atoms with van der Waals surface area (Å²) in [5, 5.41) is 5.12. The smallest absolute Gasteiger partial charge is 0.275 e. The first-order valence-electron chi connectivity index (χ1n) is 9.60. The maximum absolute atomic E-state index is 13.4. The van der Waals surface area contributed by atoms with E-state index in [2.05, 4.69) is 10.3 Å². The molecule has 0 spiro atoms. The standard InChI is InChI=1S/C24H18F2N2O3S/c1-30-22-11-16(7-8-21(22)31-13-15-9-17(25)12-18(26)10-15)24-28-20(14-32-24)23(29)27-19-5-3-2-4-6-19/h2-12,14H,13H2,1H3,(H,27,29). The minimum atomic E-state index is -0.665. The second-order valence-corrected chi connectivity index (χ2v) is 7.65. The van der Waals surface area contributed by atoms with Crippen molar-refractivity contribution >= 4 is 22.9 Å². The number of hydrogen-bond acceptors (Lipinski definition) is 5. The van der Waals surface area contributed by atoms with E-state index in [4.69, 9.17) is 9.47 Å². The molecule has 0 bridgehead atoms. The van der Waals surface area contributed by atoms with Crippen molar-refractivity contribution in [1.82, 2.24) is 4.98 Å². The number of carbonyl (C=O) groups is 1. The number of nitrogens with zero attached hydrogens (tertiary/aromatic N) is 1. The van der Waals surface area contributed by atoms with E-state index < -0.39 is 11.6 Å². The molecule has 0 atom stereocenters. The fourth-order valence-electron chi connectivity index (χ4n) is 3.00. The van der Waals surface area contributed by atoms with Gasteiger partial charge in [-0.05, 0) is 48.0 Å². The number of aromatic nitrogens is 1. The monoisotopic (exact) mass is 452 g/mol. The highest BCUT2D eigenvalue weighted by atomic mass is 32.1. The van der Waals surface area contributed by atoms with Crippen molar-refractivity contribution in [2.24, 2.45) is 0 Å². The number of para-hydroxylation sites is 1. The molecule has 0 aliphatic heterocycles. The van der Waals surface area contributed by atoms with E-state index >= 15 is 0 Å². The van der Waals surface area contributed by atoms with Crippen LogP contribution in [-0.2, 0) is 6.61 Å². The Morgan fingerprint density at radius 1 is 1.00 bits per heavy atom. The van der Waals surface area contributed by atoms with Gasteiger partial charge in [0.25, 0.3) is 5.91 Å². The summed E-state index contributed by atoms with van der Waals surface area (Å²) in [5.41, 5.74) is 2.10. The Bertz CT molecular complexity index is 1220. The molecule has 4 rings (SSSR count). The van der Waals surface area contributed by atoms with Gasteiger partial charge >= 0.3 is 0 Å². The van der Waals surface area contributed by atoms with E-state index in [1.165, 1.54) is 30.6 Å². The minimum Gasteiger partial charge on any atom is -0.493 e. The summed E-state index contributed by atoms with van der Waals surface area (Å²) in [6, 6.07) is 17.6. The van der Waals surface area contributed by atoms with Crippen LogP contribution in [0.25, 0.3) is 10.6 Å². The summed E-state index contributed by atoms with van der Waals surface area (Å²) >= 11 is 1.33. The molecule has 0 aliphatic carbocycles. The molecule has 162 valence electrons. The van der Waals surface area contributed by atoms with Crippen molar-refractivity contribution in [2.45, 2.75) is 6.61 Å². The lowest BCUT2D eigenvalue weighted by Gasteiger charge is -2.12. The van der Waals surface area contributed by atoms with Crippen LogP contribution >= 0.6 is 11.3 Å². The number of benzene rings is 3. The lowest BCUT2D eigenvalue weighted by molar-refractivity contribution is 0.102. The zero-order valence-corrected chi connectivity index (χ0v) is 17.8. The number of methoxy groups -OCH3 is 1. The van der Waals surface area contributed by atoms with Crippen LogP contribution in [0.2, 0.25) is 0 Å². The fourth-order valence-corrected chi connectivity index (χ4v) is 3.80. The molecule has 0 fully saturated rings. The van der Waals surface area contributed by atoms with E-state index in [0.717, 1.165) is 11.6 Å². The van der Waals surface area contributed by atoms with E-state index in [-0.39, 0.29) is 12.5 Å². The molecule has 0 saturated carbocycles. The van der Waals surface area contributed by atoms with Gasteiger partial charge in [-0.3, -0.25) is 4.79 Å². The number of anilines is 1. The van der Waals surface area contributed by atoms with Gasteiger partial charge in [-0.25, -0.2) is 13.8 Å². The van der Waals surface area contributed by atoms with Crippen molar-refractivity contribution < 1.29 is 23.0 Å². The quantitative estimate of drug-likeness (QED) is 0.378. The van der Waals surface area contributed by atoms with Crippen molar-refractivity contribution in [3.8, 4) is 22.1 Å². The highest BCUT2D eigenvalue weighted by molar-refractivity contribution is 7.13. The largest absolute Gasteiger partial charge is 0.493 e. The summed E-state index contributed by atoms with van der Waals surface area (Å²) in [6.07, 6.45) is 0. The maximum Gasteiger partial charge on any atom is 0.275 e. The molecule has 3 aromatic carbocycles. The molecule has 1 heterocycles. The molecule has 0 radical (unpaired) electrons. The molecule has 1 aromatic heterocycles. The highest BCUT2D eigenvalue weighted by Crippen LogP contribution is 2.34. The maximum atomic E-state index is 13.4. The Hall–Kier alpha value is -3.78. The number of nitrogens with one attached hydrogen (secondary N) is 1. The van der Waals surface area contributed by atoms with Crippen molar-refractivity contribution in [3.63, 3.8) is 0 Å². The number of ether oxygens (including phenoxy) is 2. The van der Waals surface area contributed by atoms with E-state index in [1.54, 1.807) is 35.7 Å². The molecule has 0 unspecified atom stereocenters. The van der Waals surface area contributed by atoms with Gasteiger partial charge in [0.1, 0.15) is 28.9 Å². The first kappa shape index (κ1) is 21.5. The van der Waals surface area contributed by atoms with Gasteiger partial charge in [0.2, 0.25) is 0 Å². The third kappa shape index (κ3) is 5.09. The summed E-state index contributed by atoms with van der Waals surface area (Å²) in [5.74, 6) is -0.777. The number of rotatable bonds is 7. The molecule has 4 aromatic rings. The molecule has 32 heavy (non-hydrogen) atoms. The second-order valence-electron chi connectivity index (χ2n) is 6.79. The summed E-state index contributed by atoms with van der Waals surface area (Å²) in [4.78, 5) is 16.9. The van der Waals surface area contributed by atoms with Crippen LogP contribution in [0.15, 0.2) is 72.1 Å². The van der Waals surface area contributed by atoms with Crippen LogP contribution in [-0.4, -0.2) is 18.0 Å². The SMILES string of the molecule is COc1cc(-c2nc(C(=O)Nc3ccccc3)cs2)ccc1OCc1cc(F)cc(F)c1. The van der Waals surface area contributed by atoms with Crippen LogP contribution in [0.4, 0.5) is 14.5 Å². The first-order valence-corrected chi connectivity index (χ1v) is 10.5. The molecule has 1 N–H and O–H groups in total. The third-order valence-corrected chi connectivity index (χ3v) is 5.39. The lowest BCUT2D eigenvalue weighted by Crippen LogP contribution is -2.12. The molecule has 0 saturated heterocycles. The van der Waals surface area contributed by atoms with Gasteiger partial charge in [-0.2, -0.15) is 0 Å². The van der Waals surface area contributed by atoms with Crippen LogP contribution in [0.5, 0.6) is 11.5 Å². The fraction of sp³-hybridized carbons (Fsp3) is 0.0833. The lowest BCUT2D eigenvalue weighted by atomic mass is 10.2. The van der Waals surface area contributed by atoms with Crippen LogP contribution in [0.3, 0.4) is 0 Å². The first-order chi connectivity index (χ1) is 15.5. The normalized spacial score (nSPS) is 10.6. The number of carbonyl (C=O) groups excluding carboxylic acids is 1. The van der Waals surface area contributed by atoms with Gasteiger partial charge < -0.3 is 14.8 Å². The van der Waals surface area contributed by atoms with Crippen LogP contribution < -0.4 is 14.8 Å². The van der Waals surface area contributed by atoms with E-state index in [1.807, 2.05) is 18.2 Å². The predicted octanol–water partition coefficient (Wildman–Crippen LogP) is 5.93. The van der Waals surface area contributed by atoms with E-state index in [0.29, 0.717) is 33.5 Å². The molecule has 8 heteroatoms. The van der Waals surface area contributed by atoms with Crippen molar-refractivity contribution in [3.05, 3.63) is 95.0 Å². The topological polar surface area (TPSA) is 60.5 Å². The average molecular weight is 452 g/mol. The Labute approximate surface area is 187 Å². The zero-order valence-electron chi connectivity index (χ0n) is 17.0. The summed E-state index contributed by atoms with van der Waals surface area (Å²) in [7, 11) is 1.49. The Morgan fingerprint density at radius 2 is 1.75 bits per heavy atom. The number of halogens is 2. The highest BCUT2D eigenvalue weighted by Gasteiger charge is 2.14. The summed E-state index contributed by atoms with van der Waals surface area (Å²) in [6.45, 7) is -0.0224. The zero-order chi connectivity index (χ0) is 22.5. The molecule has 5 nitrogen and oxygen atoms in total. The number of amides is 1. The van der Waals surface area contributed by atoms with Gasteiger partial charge in [0.05, 0.1) is 7.11 Å². The van der Waals surface area contributed by atoms with Crippen LogP contribution in [0, 0.1) is 11.6 Å². The van der Waals surface area contributed by atoms with E-state index in [9.17, 15) is 13.6 Å². The second kappa shape index (κ2) is 9.57. The van der Waals surface area contributed by atoms with Crippen LogP contribution in [0.1, 0.15) is 16.1 Å². The van der Waals surface area contributed by atoms with Crippen molar-refractivity contribution in [2.75, 3.05) is 12.4 Å². The molecule has 0 aliphatic rings. The average Bonchev–Trinajstić information content (AvgIpc) is 3.28.